The van der Waals surface area contributed by atoms with E-state index in [1.807, 2.05) is 6.92 Å². The van der Waals surface area contributed by atoms with Gasteiger partial charge < -0.3 is 4.74 Å². The lowest BCUT2D eigenvalue weighted by atomic mass is 9.82. The van der Waals surface area contributed by atoms with Crippen LogP contribution in [0, 0.1) is 5.92 Å². The van der Waals surface area contributed by atoms with E-state index in [4.69, 9.17) is 4.18 Å². The lowest BCUT2D eigenvalue weighted by Gasteiger charge is -2.26. The standard InChI is InChI=1S/C9H18O3S.C3H6O2/c1-8(12-13(2,10)11)6-7-9-4-3-5-9;1-2-5-3-4/h8-9H,3-7H2,1-2H3;3H,2H2,1H3. The number of hydrogen-bond acceptors (Lipinski definition) is 5. The quantitative estimate of drug-likeness (QED) is 0.527. The smallest absolute Gasteiger partial charge is 0.293 e. The van der Waals surface area contributed by atoms with E-state index in [2.05, 4.69) is 4.74 Å². The van der Waals surface area contributed by atoms with Crippen LogP contribution in [0.3, 0.4) is 0 Å². The molecule has 0 amide bonds. The highest BCUT2D eigenvalue weighted by Gasteiger charge is 2.19. The van der Waals surface area contributed by atoms with Crippen LogP contribution in [0.2, 0.25) is 0 Å². The Balaban J connectivity index is 0.000000494. The number of ether oxygens (including phenoxy) is 1. The minimum absolute atomic E-state index is 0.157. The van der Waals surface area contributed by atoms with Gasteiger partial charge in [0.05, 0.1) is 19.0 Å². The second-order valence-electron chi connectivity index (χ2n) is 4.54. The Labute approximate surface area is 110 Å². The van der Waals surface area contributed by atoms with Gasteiger partial charge in [0.1, 0.15) is 0 Å². The molecular formula is C12H24O5S. The molecule has 5 nitrogen and oxygen atoms in total. The highest BCUT2D eigenvalue weighted by atomic mass is 32.2. The first-order valence-corrected chi connectivity index (χ1v) is 8.14. The molecule has 1 fully saturated rings. The molecule has 0 spiro atoms. The molecule has 0 aromatic carbocycles. The Morgan fingerprint density at radius 1 is 1.39 bits per heavy atom. The zero-order chi connectivity index (χ0) is 14.0. The third-order valence-electron chi connectivity index (χ3n) is 2.78. The topological polar surface area (TPSA) is 69.7 Å². The van der Waals surface area contributed by atoms with Gasteiger partial charge in [-0.15, -0.1) is 0 Å². The van der Waals surface area contributed by atoms with Crippen molar-refractivity contribution < 1.29 is 22.1 Å². The predicted molar refractivity (Wildman–Crippen MR) is 69.7 cm³/mol. The summed E-state index contributed by atoms with van der Waals surface area (Å²) in [5.41, 5.74) is 0. The Hall–Kier alpha value is -0.620. The van der Waals surface area contributed by atoms with Gasteiger partial charge in [0.15, 0.2) is 0 Å². The summed E-state index contributed by atoms with van der Waals surface area (Å²) < 4.78 is 30.5. The molecule has 1 aliphatic carbocycles. The van der Waals surface area contributed by atoms with E-state index >= 15 is 0 Å². The monoisotopic (exact) mass is 280 g/mol. The fourth-order valence-electron chi connectivity index (χ4n) is 1.67. The maximum Gasteiger partial charge on any atom is 0.293 e. The van der Waals surface area contributed by atoms with Gasteiger partial charge in [0, 0.05) is 0 Å². The predicted octanol–water partition coefficient (Wildman–Crippen LogP) is 2.11. The van der Waals surface area contributed by atoms with Crippen LogP contribution in [0.5, 0.6) is 0 Å². The summed E-state index contributed by atoms with van der Waals surface area (Å²) in [6, 6.07) is 0. The molecule has 1 rings (SSSR count). The summed E-state index contributed by atoms with van der Waals surface area (Å²) in [5, 5.41) is 0. The van der Waals surface area contributed by atoms with Crippen LogP contribution in [0.25, 0.3) is 0 Å². The lowest BCUT2D eigenvalue weighted by Crippen LogP contribution is -2.17. The SMILES string of the molecule is CC(CCC1CCC1)OS(C)(=O)=O.CCOC=O. The van der Waals surface area contributed by atoms with Gasteiger partial charge in [-0.05, 0) is 32.6 Å². The number of carbonyl (C=O) groups excluding carboxylic acids is 1. The van der Waals surface area contributed by atoms with E-state index in [9.17, 15) is 13.2 Å². The van der Waals surface area contributed by atoms with E-state index in [-0.39, 0.29) is 6.10 Å². The van der Waals surface area contributed by atoms with Gasteiger partial charge in [0.25, 0.3) is 16.6 Å². The van der Waals surface area contributed by atoms with Crippen LogP contribution < -0.4 is 0 Å². The van der Waals surface area contributed by atoms with Crippen LogP contribution in [0.1, 0.15) is 46.0 Å². The van der Waals surface area contributed by atoms with Crippen LogP contribution in [-0.4, -0.2) is 33.9 Å². The molecule has 0 bridgehead atoms. The molecule has 1 saturated carbocycles. The summed E-state index contributed by atoms with van der Waals surface area (Å²) in [6.45, 7) is 4.48. The molecule has 6 heteroatoms. The van der Waals surface area contributed by atoms with Crippen LogP contribution in [0.4, 0.5) is 0 Å². The van der Waals surface area contributed by atoms with Crippen LogP contribution >= 0.6 is 0 Å². The molecule has 18 heavy (non-hydrogen) atoms. The van der Waals surface area contributed by atoms with E-state index < -0.39 is 10.1 Å². The Morgan fingerprint density at radius 2 is 2.00 bits per heavy atom. The summed E-state index contributed by atoms with van der Waals surface area (Å²) in [6.07, 6.45) is 6.88. The number of rotatable bonds is 7. The second-order valence-corrected chi connectivity index (χ2v) is 6.14. The van der Waals surface area contributed by atoms with E-state index in [1.54, 1.807) is 6.92 Å². The maximum atomic E-state index is 10.7. The summed E-state index contributed by atoms with van der Waals surface area (Å²) in [7, 11) is -3.26. The molecule has 1 atom stereocenters. The first-order chi connectivity index (χ1) is 8.39. The van der Waals surface area contributed by atoms with Crippen molar-refractivity contribution in [3.8, 4) is 0 Å². The maximum absolute atomic E-state index is 10.7. The van der Waals surface area contributed by atoms with E-state index in [0.29, 0.717) is 13.1 Å². The van der Waals surface area contributed by atoms with Crippen molar-refractivity contribution in [1.29, 1.82) is 0 Å². The Morgan fingerprint density at radius 3 is 2.28 bits per heavy atom. The zero-order valence-electron chi connectivity index (χ0n) is 11.4. The molecule has 0 N–H and O–H groups in total. The summed E-state index contributed by atoms with van der Waals surface area (Å²) in [5.74, 6) is 0.825. The number of carbonyl (C=O) groups is 1. The van der Waals surface area contributed by atoms with Crippen molar-refractivity contribution in [2.45, 2.75) is 52.1 Å². The van der Waals surface area contributed by atoms with Crippen molar-refractivity contribution in [1.82, 2.24) is 0 Å². The van der Waals surface area contributed by atoms with Crippen molar-refractivity contribution in [3.63, 3.8) is 0 Å². The van der Waals surface area contributed by atoms with Gasteiger partial charge in [-0.1, -0.05) is 19.3 Å². The molecule has 1 unspecified atom stereocenters. The molecular weight excluding hydrogens is 256 g/mol. The Kier molecular flexibility index (Phi) is 9.01. The molecule has 108 valence electrons. The van der Waals surface area contributed by atoms with Gasteiger partial charge in [0.2, 0.25) is 0 Å². The zero-order valence-corrected chi connectivity index (χ0v) is 12.2. The van der Waals surface area contributed by atoms with Crippen molar-refractivity contribution in [3.05, 3.63) is 0 Å². The molecule has 0 aromatic rings. The van der Waals surface area contributed by atoms with Gasteiger partial charge in [-0.25, -0.2) is 0 Å². The average molecular weight is 280 g/mol. The lowest BCUT2D eigenvalue weighted by molar-refractivity contribution is -0.128. The normalized spacial score (nSPS) is 17.1. The minimum atomic E-state index is -3.26. The first kappa shape index (κ1) is 17.4. The minimum Gasteiger partial charge on any atom is -0.468 e. The van der Waals surface area contributed by atoms with Gasteiger partial charge in [-0.2, -0.15) is 8.42 Å². The average Bonchev–Trinajstić information content (AvgIpc) is 2.14. The second kappa shape index (κ2) is 9.33. The van der Waals surface area contributed by atoms with Crippen molar-refractivity contribution >= 4 is 16.6 Å². The highest BCUT2D eigenvalue weighted by molar-refractivity contribution is 7.86. The van der Waals surface area contributed by atoms with Crippen LogP contribution in [0.15, 0.2) is 0 Å². The summed E-state index contributed by atoms with van der Waals surface area (Å²) >= 11 is 0. The van der Waals surface area contributed by atoms with Gasteiger partial charge in [-0.3, -0.25) is 8.98 Å². The molecule has 0 saturated heterocycles. The third-order valence-corrected chi connectivity index (χ3v) is 3.46. The van der Waals surface area contributed by atoms with E-state index in [1.165, 1.54) is 19.3 Å². The Bertz CT molecular complexity index is 308. The van der Waals surface area contributed by atoms with Crippen molar-refractivity contribution in [2.75, 3.05) is 12.9 Å². The largest absolute Gasteiger partial charge is 0.468 e. The molecule has 0 aliphatic heterocycles. The van der Waals surface area contributed by atoms with Gasteiger partial charge >= 0.3 is 0 Å². The molecule has 1 aliphatic rings. The first-order valence-electron chi connectivity index (χ1n) is 6.32. The fourth-order valence-corrected chi connectivity index (χ4v) is 2.36. The molecule has 0 heterocycles. The highest BCUT2D eigenvalue weighted by Crippen LogP contribution is 2.31. The number of hydrogen-bond donors (Lipinski definition) is 0. The van der Waals surface area contributed by atoms with E-state index in [0.717, 1.165) is 25.0 Å². The molecule has 0 aromatic heterocycles. The fraction of sp³-hybridized carbons (Fsp3) is 0.917. The molecule has 0 radical (unpaired) electrons. The van der Waals surface area contributed by atoms with Crippen LogP contribution in [-0.2, 0) is 23.8 Å². The summed E-state index contributed by atoms with van der Waals surface area (Å²) in [4.78, 5) is 9.18. The third kappa shape index (κ3) is 10.5. The van der Waals surface area contributed by atoms with Crippen molar-refractivity contribution in [2.24, 2.45) is 5.92 Å².